The van der Waals surface area contributed by atoms with E-state index < -0.39 is 0 Å². The van der Waals surface area contributed by atoms with Crippen LogP contribution in [-0.4, -0.2) is 35.0 Å². The lowest BCUT2D eigenvalue weighted by Crippen LogP contribution is -2.42. The highest BCUT2D eigenvalue weighted by molar-refractivity contribution is 7.99. The molecule has 0 saturated heterocycles. The molecule has 0 atom stereocenters. The molecule has 0 aliphatic rings. The third-order valence-electron chi connectivity index (χ3n) is 4.63. The lowest BCUT2D eigenvalue weighted by Gasteiger charge is -2.10. The molecule has 3 aromatic rings. The van der Waals surface area contributed by atoms with Crippen molar-refractivity contribution in [1.82, 2.24) is 15.4 Å². The molecular formula is C22H23N3O4S. The zero-order valence-corrected chi connectivity index (χ0v) is 17.8. The van der Waals surface area contributed by atoms with Crippen molar-refractivity contribution in [3.63, 3.8) is 0 Å². The summed E-state index contributed by atoms with van der Waals surface area (Å²) in [5, 5.41) is 0.818. The highest BCUT2D eigenvalue weighted by Gasteiger charge is 2.14. The van der Waals surface area contributed by atoms with Gasteiger partial charge in [0.2, 0.25) is 5.91 Å². The van der Waals surface area contributed by atoms with E-state index in [1.54, 1.807) is 31.5 Å². The van der Waals surface area contributed by atoms with Gasteiger partial charge >= 0.3 is 0 Å². The van der Waals surface area contributed by atoms with Gasteiger partial charge in [0.1, 0.15) is 5.75 Å². The monoisotopic (exact) mass is 425 g/mol. The van der Waals surface area contributed by atoms with Gasteiger partial charge in [-0.05, 0) is 31.2 Å². The Balaban J connectivity index is 1.53. The molecule has 7 nitrogen and oxygen atoms in total. The number of ketones is 1. The molecule has 2 aromatic carbocycles. The molecule has 1 aromatic heterocycles. The molecule has 0 bridgehead atoms. The highest BCUT2D eigenvalue weighted by Crippen LogP contribution is 2.25. The Morgan fingerprint density at radius 1 is 1.10 bits per heavy atom. The molecule has 0 fully saturated rings. The number of thioether (sulfide) groups is 1. The summed E-state index contributed by atoms with van der Waals surface area (Å²) < 4.78 is 7.18. The molecule has 8 heteroatoms. The molecule has 0 unspecified atom stereocenters. The van der Waals surface area contributed by atoms with Crippen LogP contribution in [-0.2, 0) is 17.6 Å². The Hall–Kier alpha value is -3.26. The average molecular weight is 426 g/mol. The standard InChI is InChI=1S/C22H23N3O4S/c1-14(26)15-8-9-20(29-3)16(10-15)12-30-13-21(27)23-24-22(28)18-11-25(2)19-7-5-4-6-17(18)19/h4-11H,12-13H2,1-3H3,(H,23,27)(H,24,28). The van der Waals surface area contributed by atoms with E-state index >= 15 is 0 Å². The van der Waals surface area contributed by atoms with Crippen molar-refractivity contribution in [3.05, 3.63) is 65.4 Å². The molecule has 0 spiro atoms. The van der Waals surface area contributed by atoms with Gasteiger partial charge in [-0.1, -0.05) is 18.2 Å². The number of hydrogen-bond acceptors (Lipinski definition) is 5. The van der Waals surface area contributed by atoms with Crippen LogP contribution in [0.2, 0.25) is 0 Å². The third-order valence-corrected chi connectivity index (χ3v) is 5.62. The van der Waals surface area contributed by atoms with Gasteiger partial charge in [-0.25, -0.2) is 0 Å². The molecule has 0 aliphatic heterocycles. The van der Waals surface area contributed by atoms with Crippen molar-refractivity contribution in [2.45, 2.75) is 12.7 Å². The number of para-hydroxylation sites is 1. The van der Waals surface area contributed by atoms with Gasteiger partial charge in [0, 0.05) is 41.0 Å². The number of methoxy groups -OCH3 is 1. The van der Waals surface area contributed by atoms with Crippen molar-refractivity contribution in [3.8, 4) is 5.75 Å². The van der Waals surface area contributed by atoms with Crippen LogP contribution in [0.1, 0.15) is 33.2 Å². The minimum atomic E-state index is -0.374. The van der Waals surface area contributed by atoms with E-state index in [4.69, 9.17) is 4.74 Å². The van der Waals surface area contributed by atoms with E-state index in [-0.39, 0.29) is 23.4 Å². The Morgan fingerprint density at radius 2 is 1.87 bits per heavy atom. The van der Waals surface area contributed by atoms with E-state index in [9.17, 15) is 14.4 Å². The minimum absolute atomic E-state index is 0.0298. The van der Waals surface area contributed by atoms with Gasteiger partial charge < -0.3 is 9.30 Å². The lowest BCUT2D eigenvalue weighted by atomic mass is 10.1. The Kier molecular flexibility index (Phi) is 6.79. The van der Waals surface area contributed by atoms with Crippen molar-refractivity contribution < 1.29 is 19.1 Å². The zero-order valence-electron chi connectivity index (χ0n) is 17.0. The minimum Gasteiger partial charge on any atom is -0.496 e. The number of rotatable bonds is 7. The molecule has 0 saturated carbocycles. The number of hydrazine groups is 1. The fourth-order valence-electron chi connectivity index (χ4n) is 3.12. The van der Waals surface area contributed by atoms with E-state index in [0.29, 0.717) is 22.6 Å². The second-order valence-corrected chi connectivity index (χ2v) is 7.73. The third kappa shape index (κ3) is 4.83. The lowest BCUT2D eigenvalue weighted by molar-refractivity contribution is -0.119. The summed E-state index contributed by atoms with van der Waals surface area (Å²) in [6.07, 6.45) is 1.73. The van der Waals surface area contributed by atoms with Crippen LogP contribution in [0.4, 0.5) is 0 Å². The number of fused-ring (bicyclic) bond motifs is 1. The zero-order chi connectivity index (χ0) is 21.7. The predicted octanol–water partition coefficient (Wildman–Crippen LogP) is 3.08. The van der Waals surface area contributed by atoms with Crippen molar-refractivity contribution >= 4 is 40.3 Å². The number of carbonyl (C=O) groups excluding carboxylic acids is 3. The maximum absolute atomic E-state index is 12.5. The smallest absolute Gasteiger partial charge is 0.271 e. The predicted molar refractivity (Wildman–Crippen MR) is 118 cm³/mol. The van der Waals surface area contributed by atoms with Crippen LogP contribution < -0.4 is 15.6 Å². The van der Waals surface area contributed by atoms with Crippen LogP contribution in [0.5, 0.6) is 5.75 Å². The molecule has 2 amide bonds. The number of Topliss-reactive ketones (excluding diaryl/α,β-unsaturated/α-hetero) is 1. The summed E-state index contributed by atoms with van der Waals surface area (Å²) in [7, 11) is 3.43. The summed E-state index contributed by atoms with van der Waals surface area (Å²) >= 11 is 1.36. The number of hydrogen-bond donors (Lipinski definition) is 2. The molecule has 2 N–H and O–H groups in total. The SMILES string of the molecule is COc1ccc(C(C)=O)cc1CSCC(=O)NNC(=O)c1cn(C)c2ccccc12. The molecule has 1 heterocycles. The molecular weight excluding hydrogens is 402 g/mol. The van der Waals surface area contributed by atoms with Gasteiger partial charge in [-0.3, -0.25) is 25.2 Å². The van der Waals surface area contributed by atoms with Gasteiger partial charge in [0.05, 0.1) is 18.4 Å². The van der Waals surface area contributed by atoms with Crippen LogP contribution in [0.3, 0.4) is 0 Å². The van der Waals surface area contributed by atoms with Crippen LogP contribution in [0.25, 0.3) is 10.9 Å². The average Bonchev–Trinajstić information content (AvgIpc) is 3.09. The number of nitrogens with zero attached hydrogens (tertiary/aromatic N) is 1. The number of amides is 2. The van der Waals surface area contributed by atoms with E-state index in [0.717, 1.165) is 16.5 Å². The normalized spacial score (nSPS) is 10.6. The fourth-order valence-corrected chi connectivity index (χ4v) is 3.92. The number of carbonyl (C=O) groups is 3. The Morgan fingerprint density at radius 3 is 2.60 bits per heavy atom. The van der Waals surface area contributed by atoms with E-state index in [1.807, 2.05) is 35.9 Å². The van der Waals surface area contributed by atoms with Crippen molar-refractivity contribution in [2.24, 2.45) is 7.05 Å². The van der Waals surface area contributed by atoms with Gasteiger partial charge in [-0.2, -0.15) is 0 Å². The maximum atomic E-state index is 12.5. The maximum Gasteiger partial charge on any atom is 0.271 e. The summed E-state index contributed by atoms with van der Waals surface area (Å²) in [5.74, 6) is 0.573. The first-order valence-corrected chi connectivity index (χ1v) is 10.4. The molecule has 156 valence electrons. The fraction of sp³-hybridized carbons (Fsp3) is 0.227. The molecule has 0 radical (unpaired) electrons. The Labute approximate surface area is 178 Å². The topological polar surface area (TPSA) is 89.4 Å². The first kappa shape index (κ1) is 21.4. The van der Waals surface area contributed by atoms with Crippen molar-refractivity contribution in [1.29, 1.82) is 0 Å². The number of nitrogens with one attached hydrogen (secondary N) is 2. The van der Waals surface area contributed by atoms with E-state index in [1.165, 1.54) is 18.7 Å². The van der Waals surface area contributed by atoms with Crippen molar-refractivity contribution in [2.75, 3.05) is 12.9 Å². The first-order chi connectivity index (χ1) is 14.4. The number of aromatic nitrogens is 1. The van der Waals surface area contributed by atoms with Gasteiger partial charge in [0.25, 0.3) is 5.91 Å². The number of ether oxygens (including phenoxy) is 1. The summed E-state index contributed by atoms with van der Waals surface area (Å²) in [4.78, 5) is 36.2. The molecule has 30 heavy (non-hydrogen) atoms. The largest absolute Gasteiger partial charge is 0.496 e. The number of benzene rings is 2. The number of aryl methyl sites for hydroxylation is 1. The Bertz CT molecular complexity index is 1110. The first-order valence-electron chi connectivity index (χ1n) is 9.29. The van der Waals surface area contributed by atoms with Crippen LogP contribution in [0.15, 0.2) is 48.7 Å². The molecule has 3 rings (SSSR count). The summed E-state index contributed by atoms with van der Waals surface area (Å²) in [5.41, 5.74) is 7.77. The highest BCUT2D eigenvalue weighted by atomic mass is 32.2. The molecule has 0 aliphatic carbocycles. The summed E-state index contributed by atoms with van der Waals surface area (Å²) in [6, 6.07) is 12.8. The quantitative estimate of drug-likeness (QED) is 0.449. The second-order valence-electron chi connectivity index (χ2n) is 6.75. The van der Waals surface area contributed by atoms with Gasteiger partial charge in [-0.15, -0.1) is 11.8 Å². The van der Waals surface area contributed by atoms with E-state index in [2.05, 4.69) is 10.9 Å². The van der Waals surface area contributed by atoms with Crippen LogP contribution >= 0.6 is 11.8 Å². The van der Waals surface area contributed by atoms with Crippen LogP contribution in [0, 0.1) is 0 Å². The second kappa shape index (κ2) is 9.49. The van der Waals surface area contributed by atoms with Gasteiger partial charge in [0.15, 0.2) is 5.78 Å². The summed E-state index contributed by atoms with van der Waals surface area (Å²) in [6.45, 7) is 1.50.